The summed E-state index contributed by atoms with van der Waals surface area (Å²) in [6.45, 7) is 0. The minimum atomic E-state index is 0.374. The van der Waals surface area contributed by atoms with Crippen LogP contribution >= 0.6 is 24.2 Å². The Balaban J connectivity index is 2.75. The minimum absolute atomic E-state index is 0.374. The molecule has 2 nitrogen and oxygen atoms in total. The summed E-state index contributed by atoms with van der Waals surface area (Å²) < 4.78 is 5.21. The van der Waals surface area contributed by atoms with Crippen LogP contribution in [0.2, 0.25) is 0 Å². The van der Waals surface area contributed by atoms with Gasteiger partial charge in [-0.25, -0.2) is 4.98 Å². The summed E-state index contributed by atoms with van der Waals surface area (Å²) in [7, 11) is 0. The van der Waals surface area contributed by atoms with Crippen LogP contribution in [0.15, 0.2) is 20.7 Å². The van der Waals surface area contributed by atoms with E-state index in [-0.39, 0.29) is 0 Å². The first-order valence-corrected chi connectivity index (χ1v) is 4.31. The highest BCUT2D eigenvalue weighted by atomic mass is 35.5. The summed E-state index contributed by atoms with van der Waals surface area (Å²) in [6, 6.07) is 0. The predicted octanol–water partition coefficient (Wildman–Crippen LogP) is 1.05. The quantitative estimate of drug-likeness (QED) is 0.633. The fraction of sp³-hybridized carbons (Fsp3) is 0.125. The van der Waals surface area contributed by atoms with E-state index < -0.39 is 0 Å². The van der Waals surface area contributed by atoms with Crippen molar-refractivity contribution in [3.05, 3.63) is 21.9 Å². The maximum atomic E-state index is 5.84. The van der Waals surface area contributed by atoms with E-state index in [0.717, 1.165) is 17.2 Å². The number of oxazole rings is 1. The Hall–Kier alpha value is -0.670. The van der Waals surface area contributed by atoms with Crippen molar-refractivity contribution in [3.8, 4) is 0 Å². The summed E-state index contributed by atoms with van der Waals surface area (Å²) in [6.07, 6.45) is 6.36. The average molecular weight is 200 g/mol. The van der Waals surface area contributed by atoms with Gasteiger partial charge in [-0.3, -0.25) is 0 Å². The molecule has 0 fully saturated rings. The summed E-state index contributed by atoms with van der Waals surface area (Å²) >= 11 is 9.83. The van der Waals surface area contributed by atoms with E-state index in [0.29, 0.717) is 10.3 Å². The molecule has 0 N–H and O–H groups in total. The number of aromatic nitrogens is 1. The van der Waals surface area contributed by atoms with Crippen molar-refractivity contribution in [2.75, 3.05) is 0 Å². The lowest BCUT2D eigenvalue weighted by Gasteiger charge is -1.81. The SMILES string of the molecule is Sc1nc2c(o1)=CCC=C(Cl)C=2. The van der Waals surface area contributed by atoms with E-state index in [4.69, 9.17) is 16.0 Å². The highest BCUT2D eigenvalue weighted by molar-refractivity contribution is 7.80. The van der Waals surface area contributed by atoms with Gasteiger partial charge in [0.1, 0.15) is 5.35 Å². The largest absolute Gasteiger partial charge is 0.432 e. The number of allylic oxidation sites excluding steroid dienone is 2. The molecule has 1 aromatic heterocycles. The molecule has 1 aromatic rings. The molecule has 0 amide bonds. The maximum Gasteiger partial charge on any atom is 0.253 e. The van der Waals surface area contributed by atoms with Crippen molar-refractivity contribution in [3.63, 3.8) is 0 Å². The molecular formula is C8H6ClNOS. The molecule has 0 saturated carbocycles. The first-order valence-electron chi connectivity index (χ1n) is 3.49. The van der Waals surface area contributed by atoms with Gasteiger partial charge in [0.25, 0.3) is 5.22 Å². The molecule has 0 saturated heterocycles. The van der Waals surface area contributed by atoms with Gasteiger partial charge in [0.15, 0.2) is 5.42 Å². The molecule has 0 bridgehead atoms. The van der Waals surface area contributed by atoms with E-state index in [9.17, 15) is 0 Å². The molecule has 0 spiro atoms. The van der Waals surface area contributed by atoms with Gasteiger partial charge in [-0.15, -0.1) is 0 Å². The normalized spacial score (nSPS) is 15.3. The van der Waals surface area contributed by atoms with Crippen molar-refractivity contribution in [1.82, 2.24) is 4.98 Å². The lowest BCUT2D eigenvalue weighted by molar-refractivity contribution is 0.430. The van der Waals surface area contributed by atoms with Crippen LogP contribution in [0.4, 0.5) is 0 Å². The lowest BCUT2D eigenvalue weighted by atomic mass is 10.4. The number of hydrogen-bond donors (Lipinski definition) is 1. The molecule has 0 aromatic carbocycles. The van der Waals surface area contributed by atoms with Crippen LogP contribution in [-0.2, 0) is 0 Å². The van der Waals surface area contributed by atoms with Gasteiger partial charge in [0.2, 0.25) is 0 Å². The smallest absolute Gasteiger partial charge is 0.253 e. The van der Waals surface area contributed by atoms with Gasteiger partial charge in [0, 0.05) is 5.03 Å². The zero-order valence-electron chi connectivity index (χ0n) is 6.12. The standard InChI is InChI=1S/C8H6ClNOS/c9-5-2-1-3-7-6(4-5)10-8(12)11-7/h2-4H,1H2,(H,10,12). The molecule has 0 radical (unpaired) electrons. The molecule has 4 heteroatoms. The van der Waals surface area contributed by atoms with Crippen LogP contribution in [0.25, 0.3) is 12.2 Å². The van der Waals surface area contributed by atoms with Crippen LogP contribution in [0.1, 0.15) is 6.42 Å². The van der Waals surface area contributed by atoms with E-state index in [1.165, 1.54) is 0 Å². The van der Waals surface area contributed by atoms with Gasteiger partial charge in [-0.2, -0.15) is 0 Å². The van der Waals surface area contributed by atoms with E-state index in [1.54, 1.807) is 6.08 Å². The first kappa shape index (κ1) is 7.95. The molecule has 12 heavy (non-hydrogen) atoms. The number of rotatable bonds is 0. The Kier molecular flexibility index (Phi) is 1.98. The van der Waals surface area contributed by atoms with Crippen molar-refractivity contribution in [2.24, 2.45) is 0 Å². The molecule has 2 rings (SSSR count). The number of hydrogen-bond acceptors (Lipinski definition) is 3. The monoisotopic (exact) mass is 199 g/mol. The van der Waals surface area contributed by atoms with E-state index >= 15 is 0 Å². The number of nitrogens with zero attached hydrogens (tertiary/aromatic N) is 1. The maximum absolute atomic E-state index is 5.84. The predicted molar refractivity (Wildman–Crippen MR) is 50.5 cm³/mol. The summed E-state index contributed by atoms with van der Waals surface area (Å²) in [4.78, 5) is 4.05. The zero-order chi connectivity index (χ0) is 8.55. The molecule has 1 aliphatic rings. The van der Waals surface area contributed by atoms with Gasteiger partial charge in [0.05, 0.1) is 0 Å². The second-order valence-electron chi connectivity index (χ2n) is 2.42. The number of thiol groups is 1. The Morgan fingerprint density at radius 3 is 3.17 bits per heavy atom. The summed E-state index contributed by atoms with van der Waals surface area (Å²) in [5, 5.41) is 1.81. The molecular weight excluding hydrogens is 194 g/mol. The molecule has 1 heterocycles. The third kappa shape index (κ3) is 1.42. The molecule has 1 aliphatic carbocycles. The minimum Gasteiger partial charge on any atom is -0.432 e. The second-order valence-corrected chi connectivity index (χ2v) is 3.24. The van der Waals surface area contributed by atoms with E-state index in [2.05, 4.69) is 17.6 Å². The topological polar surface area (TPSA) is 26.0 Å². The van der Waals surface area contributed by atoms with E-state index in [1.807, 2.05) is 12.2 Å². The Labute approximate surface area is 79.7 Å². The van der Waals surface area contributed by atoms with Crippen LogP contribution in [0.5, 0.6) is 0 Å². The highest BCUT2D eigenvalue weighted by Gasteiger charge is 1.99. The summed E-state index contributed by atoms with van der Waals surface area (Å²) in [5.74, 6) is 0. The van der Waals surface area contributed by atoms with Crippen molar-refractivity contribution in [1.29, 1.82) is 0 Å². The fourth-order valence-electron chi connectivity index (χ4n) is 1.05. The molecule has 0 unspecified atom stereocenters. The van der Waals surface area contributed by atoms with Gasteiger partial charge >= 0.3 is 0 Å². The third-order valence-corrected chi connectivity index (χ3v) is 2.02. The van der Waals surface area contributed by atoms with Crippen LogP contribution in [-0.4, -0.2) is 4.98 Å². The van der Waals surface area contributed by atoms with Gasteiger partial charge < -0.3 is 4.42 Å². The lowest BCUT2D eigenvalue weighted by Crippen LogP contribution is -2.21. The zero-order valence-corrected chi connectivity index (χ0v) is 7.77. The third-order valence-electron chi connectivity index (χ3n) is 1.56. The summed E-state index contributed by atoms with van der Waals surface area (Å²) in [5.41, 5.74) is 0.743. The average Bonchev–Trinajstić information content (AvgIpc) is 2.23. The first-order chi connectivity index (χ1) is 5.75. The van der Waals surface area contributed by atoms with Crippen LogP contribution < -0.4 is 10.8 Å². The number of halogens is 1. The highest BCUT2D eigenvalue weighted by Crippen LogP contribution is 2.06. The van der Waals surface area contributed by atoms with Crippen molar-refractivity contribution >= 4 is 36.4 Å². The Morgan fingerprint density at radius 2 is 2.33 bits per heavy atom. The second kappa shape index (κ2) is 2.99. The molecule has 0 aliphatic heterocycles. The van der Waals surface area contributed by atoms with Gasteiger partial charge in [-0.1, -0.05) is 30.3 Å². The van der Waals surface area contributed by atoms with Crippen LogP contribution in [0.3, 0.4) is 0 Å². The fourth-order valence-corrected chi connectivity index (χ4v) is 1.45. The Morgan fingerprint density at radius 1 is 1.50 bits per heavy atom. The van der Waals surface area contributed by atoms with Crippen LogP contribution in [0, 0.1) is 0 Å². The van der Waals surface area contributed by atoms with Gasteiger partial charge in [-0.05, 0) is 18.6 Å². The van der Waals surface area contributed by atoms with Crippen molar-refractivity contribution in [2.45, 2.75) is 11.6 Å². The molecule has 0 atom stereocenters. The Bertz CT molecular complexity index is 446. The molecule has 62 valence electrons. The number of fused-ring (bicyclic) bond motifs is 1. The van der Waals surface area contributed by atoms with Crippen molar-refractivity contribution < 1.29 is 4.42 Å².